The minimum atomic E-state index is -2.87. The lowest BCUT2D eigenvalue weighted by molar-refractivity contribution is -0.215. The highest BCUT2D eigenvalue weighted by Gasteiger charge is 2.60. The second-order valence-corrected chi connectivity index (χ2v) is 10.6. The van der Waals surface area contributed by atoms with Gasteiger partial charge in [-0.2, -0.15) is 5.10 Å². The predicted octanol–water partition coefficient (Wildman–Crippen LogP) is 3.88. The van der Waals surface area contributed by atoms with E-state index in [9.17, 15) is 13.9 Å². The minimum absolute atomic E-state index is 0.107. The molecule has 0 radical (unpaired) electrons. The number of alkyl halides is 2. The Hall–Kier alpha value is -1.52. The van der Waals surface area contributed by atoms with E-state index in [4.69, 9.17) is 16.3 Å². The number of hydrogen-bond acceptors (Lipinski definition) is 6. The third kappa shape index (κ3) is 3.88. The summed E-state index contributed by atoms with van der Waals surface area (Å²) in [6.45, 7) is 3.52. The lowest BCUT2D eigenvalue weighted by atomic mass is 9.77. The number of aromatic nitrogens is 3. The molecule has 2 aromatic rings. The molecule has 0 aliphatic carbocycles. The van der Waals surface area contributed by atoms with Crippen molar-refractivity contribution in [3.05, 3.63) is 51.8 Å². The van der Waals surface area contributed by atoms with Crippen LogP contribution in [0.5, 0.6) is 0 Å². The average Bonchev–Trinajstić information content (AvgIpc) is 3.37. The molecule has 32 heavy (non-hydrogen) atoms. The minimum Gasteiger partial charge on any atom is -0.392 e. The Morgan fingerprint density at radius 3 is 2.84 bits per heavy atom. The highest BCUT2D eigenvalue weighted by atomic mass is 35.5. The van der Waals surface area contributed by atoms with Gasteiger partial charge in [0.25, 0.3) is 5.92 Å². The maximum absolute atomic E-state index is 14.4. The van der Waals surface area contributed by atoms with Crippen molar-refractivity contribution in [2.45, 2.75) is 49.7 Å². The first-order valence-electron chi connectivity index (χ1n) is 10.7. The molecular weight excluding hydrogens is 458 g/mol. The number of aryl methyl sites for hydroxylation is 1. The molecule has 2 fully saturated rings. The molecule has 2 saturated heterocycles. The monoisotopic (exact) mass is 482 g/mol. The molecular formula is C22H25ClF2N4O2S. The first-order valence-corrected chi connectivity index (χ1v) is 12.0. The number of halogens is 3. The highest BCUT2D eigenvalue weighted by Crippen LogP contribution is 2.56. The normalized spacial score (nSPS) is 26.8. The highest BCUT2D eigenvalue weighted by molar-refractivity contribution is 8.05. The molecule has 0 aromatic carbocycles. The van der Waals surface area contributed by atoms with Crippen LogP contribution in [-0.4, -0.2) is 61.2 Å². The van der Waals surface area contributed by atoms with Gasteiger partial charge in [0.2, 0.25) is 0 Å². The molecule has 3 aliphatic rings. The average molecular weight is 483 g/mol. The van der Waals surface area contributed by atoms with E-state index in [2.05, 4.69) is 15.0 Å². The van der Waals surface area contributed by atoms with Crippen LogP contribution in [0, 0.1) is 12.8 Å². The lowest BCUT2D eigenvalue weighted by Crippen LogP contribution is -2.61. The number of fused-ring (bicyclic) bond motifs is 2. The Labute approximate surface area is 194 Å². The van der Waals surface area contributed by atoms with Crippen LogP contribution < -0.4 is 0 Å². The van der Waals surface area contributed by atoms with Gasteiger partial charge in [-0.3, -0.25) is 4.90 Å². The van der Waals surface area contributed by atoms with Gasteiger partial charge in [-0.1, -0.05) is 17.7 Å². The number of likely N-dealkylation sites (tertiary alicyclic amines) is 1. The van der Waals surface area contributed by atoms with Gasteiger partial charge in [-0.15, -0.1) is 11.8 Å². The van der Waals surface area contributed by atoms with Crippen molar-refractivity contribution in [3.63, 3.8) is 0 Å². The summed E-state index contributed by atoms with van der Waals surface area (Å²) >= 11 is 7.47. The second-order valence-electron chi connectivity index (χ2n) is 8.75. The summed E-state index contributed by atoms with van der Waals surface area (Å²) in [6.07, 6.45) is 6.53. The summed E-state index contributed by atoms with van der Waals surface area (Å²) in [5, 5.41) is 13.8. The number of rotatable bonds is 4. The Morgan fingerprint density at radius 1 is 1.31 bits per heavy atom. The number of nitrogens with zero attached hydrogens (tertiary/aromatic N) is 4. The van der Waals surface area contributed by atoms with Crippen LogP contribution >= 0.6 is 23.4 Å². The molecule has 0 bridgehead atoms. The first-order chi connectivity index (χ1) is 15.3. The van der Waals surface area contributed by atoms with E-state index < -0.39 is 24.0 Å². The number of aliphatic hydroxyl groups is 1. The zero-order valence-electron chi connectivity index (χ0n) is 17.7. The largest absolute Gasteiger partial charge is 0.392 e. The number of thioether (sulfide) groups is 1. The van der Waals surface area contributed by atoms with Crippen LogP contribution in [0.3, 0.4) is 0 Å². The van der Waals surface area contributed by atoms with E-state index in [1.165, 1.54) is 17.8 Å². The van der Waals surface area contributed by atoms with Crippen LogP contribution in [0.4, 0.5) is 8.78 Å². The molecule has 0 saturated carbocycles. The van der Waals surface area contributed by atoms with E-state index in [0.717, 1.165) is 24.3 Å². The Morgan fingerprint density at radius 2 is 2.09 bits per heavy atom. The topological polar surface area (TPSA) is 63.4 Å². The molecule has 2 atom stereocenters. The summed E-state index contributed by atoms with van der Waals surface area (Å²) < 4.78 is 36.8. The van der Waals surface area contributed by atoms with Crippen LogP contribution in [0.25, 0.3) is 5.82 Å². The van der Waals surface area contributed by atoms with Crippen molar-refractivity contribution in [1.29, 1.82) is 0 Å². The van der Waals surface area contributed by atoms with E-state index in [1.54, 1.807) is 16.9 Å². The van der Waals surface area contributed by atoms with Crippen LogP contribution in [0.1, 0.15) is 29.7 Å². The molecule has 5 rings (SSSR count). The summed E-state index contributed by atoms with van der Waals surface area (Å²) in [4.78, 5) is 6.67. The maximum Gasteiger partial charge on any atom is 0.278 e. The predicted molar refractivity (Wildman–Crippen MR) is 119 cm³/mol. The van der Waals surface area contributed by atoms with Gasteiger partial charge < -0.3 is 9.84 Å². The van der Waals surface area contributed by atoms with Crippen LogP contribution in [-0.2, 0) is 17.9 Å². The van der Waals surface area contributed by atoms with E-state index >= 15 is 0 Å². The molecule has 1 spiro atoms. The summed E-state index contributed by atoms with van der Waals surface area (Å²) in [5.41, 5.74) is 2.12. The molecule has 2 aromatic heterocycles. The van der Waals surface area contributed by atoms with Crippen molar-refractivity contribution in [3.8, 4) is 5.82 Å². The zero-order valence-corrected chi connectivity index (χ0v) is 19.3. The van der Waals surface area contributed by atoms with Gasteiger partial charge >= 0.3 is 0 Å². The molecule has 10 heteroatoms. The fraction of sp³-hybridized carbons (Fsp3) is 0.545. The Bertz CT molecular complexity index is 1040. The summed E-state index contributed by atoms with van der Waals surface area (Å²) in [5.74, 6) is -3.12. The van der Waals surface area contributed by atoms with Crippen molar-refractivity contribution in [1.82, 2.24) is 19.7 Å². The zero-order chi connectivity index (χ0) is 22.5. The van der Waals surface area contributed by atoms with Crippen molar-refractivity contribution in [2.75, 3.05) is 19.7 Å². The molecule has 2 unspecified atom stereocenters. The molecule has 0 amide bonds. The van der Waals surface area contributed by atoms with Gasteiger partial charge in [0, 0.05) is 43.2 Å². The van der Waals surface area contributed by atoms with E-state index in [1.807, 2.05) is 19.2 Å². The van der Waals surface area contributed by atoms with E-state index in [0.29, 0.717) is 35.1 Å². The smallest absolute Gasteiger partial charge is 0.278 e. The second kappa shape index (κ2) is 8.36. The van der Waals surface area contributed by atoms with E-state index in [-0.39, 0.29) is 11.9 Å². The quantitative estimate of drug-likeness (QED) is 0.713. The van der Waals surface area contributed by atoms with Crippen molar-refractivity contribution in [2.24, 2.45) is 5.92 Å². The first kappa shape index (κ1) is 22.3. The maximum atomic E-state index is 14.4. The molecule has 3 aliphatic heterocycles. The molecule has 1 N–H and O–H groups in total. The third-order valence-electron chi connectivity index (χ3n) is 6.79. The Balaban J connectivity index is 1.28. The third-order valence-corrected chi connectivity index (χ3v) is 8.52. The van der Waals surface area contributed by atoms with Gasteiger partial charge in [0.1, 0.15) is 6.61 Å². The van der Waals surface area contributed by atoms with Crippen LogP contribution in [0.2, 0.25) is 0 Å². The summed E-state index contributed by atoms with van der Waals surface area (Å²) in [6, 6.07) is 3.61. The number of ether oxygens (including phenoxy) is 1. The van der Waals surface area contributed by atoms with Gasteiger partial charge in [0.05, 0.1) is 33.4 Å². The number of aliphatic hydroxyl groups excluding tert-OH is 1. The van der Waals surface area contributed by atoms with Crippen molar-refractivity contribution >= 4 is 23.4 Å². The van der Waals surface area contributed by atoms with Crippen molar-refractivity contribution < 1.29 is 18.6 Å². The van der Waals surface area contributed by atoms with Gasteiger partial charge in [-0.05, 0) is 31.9 Å². The fourth-order valence-electron chi connectivity index (χ4n) is 4.94. The standard InChI is InChI=1S/C22H25ClF2N4O2S/c1-14-16(11-29(27-14)20-15(12-30)3-2-6-26-20)10-28-7-4-21(5-8-28)19-17(9-18(23)32-19)22(24,25)13-31-21/h2-3,6,9,11,17,19,30H,4-5,7-8,10,12-13H2,1H3. The van der Waals surface area contributed by atoms with Crippen LogP contribution in [0.15, 0.2) is 35.0 Å². The summed E-state index contributed by atoms with van der Waals surface area (Å²) in [7, 11) is 0. The molecule has 5 heterocycles. The molecule has 172 valence electrons. The lowest BCUT2D eigenvalue weighted by Gasteiger charge is -2.51. The number of allylic oxidation sites excluding steroid dienone is 1. The van der Waals surface area contributed by atoms with Gasteiger partial charge in [0.15, 0.2) is 5.82 Å². The van der Waals surface area contributed by atoms with Gasteiger partial charge in [-0.25, -0.2) is 18.4 Å². The SMILES string of the molecule is Cc1nn(-c2ncccc2CO)cc1CN1CCC2(CC1)OCC(F)(F)C1C=C(Cl)SC12. The number of hydrogen-bond donors (Lipinski definition) is 1. The number of piperidine rings is 1. The fourth-order valence-corrected chi connectivity index (χ4v) is 6.77. The number of pyridine rings is 1. The molecule has 6 nitrogen and oxygen atoms in total. The Kier molecular flexibility index (Phi) is 5.82.